The van der Waals surface area contributed by atoms with Gasteiger partial charge in [0.25, 0.3) is 10.2 Å². The van der Waals surface area contributed by atoms with E-state index in [1.54, 1.807) is 23.7 Å². The zero-order chi connectivity index (χ0) is 23.9. The lowest BCUT2D eigenvalue weighted by Crippen LogP contribution is -2.63. The molecule has 0 aromatic carbocycles. The maximum Gasteiger partial charge on any atom is 0.282 e. The molecule has 3 atom stereocenters. The van der Waals surface area contributed by atoms with Gasteiger partial charge in [0.2, 0.25) is 11.8 Å². The lowest BCUT2D eigenvalue weighted by molar-refractivity contribution is 0.0984. The summed E-state index contributed by atoms with van der Waals surface area (Å²) >= 11 is 1.51. The van der Waals surface area contributed by atoms with E-state index in [0.717, 1.165) is 24.1 Å². The van der Waals surface area contributed by atoms with Crippen LogP contribution in [0, 0.1) is 24.2 Å². The number of methoxy groups -OCH3 is 1. The highest BCUT2D eigenvalue weighted by Gasteiger charge is 2.49. The Bertz CT molecular complexity index is 1180. The minimum Gasteiger partial charge on any atom is -0.481 e. The lowest BCUT2D eigenvalue weighted by atomic mass is 9.84. The van der Waals surface area contributed by atoms with Gasteiger partial charge in [-0.2, -0.15) is 32.3 Å². The Labute approximate surface area is 203 Å². The number of fused-ring (bicyclic) bond motifs is 2. The monoisotopic (exact) mass is 504 g/mol. The van der Waals surface area contributed by atoms with E-state index >= 15 is 0 Å². The van der Waals surface area contributed by atoms with Gasteiger partial charge >= 0.3 is 0 Å². The number of aromatic nitrogens is 3. The largest absolute Gasteiger partial charge is 0.481 e. The molecule has 5 rings (SSSR count). The maximum atomic E-state index is 13.3. The van der Waals surface area contributed by atoms with Crippen LogP contribution in [-0.2, 0) is 10.2 Å². The molecule has 182 valence electrons. The van der Waals surface area contributed by atoms with Gasteiger partial charge < -0.3 is 10.1 Å². The summed E-state index contributed by atoms with van der Waals surface area (Å²) < 4.78 is 35.1. The molecule has 3 fully saturated rings. The van der Waals surface area contributed by atoms with E-state index in [1.165, 1.54) is 15.6 Å². The Morgan fingerprint density at radius 3 is 2.59 bits per heavy atom. The molecule has 2 aromatic heterocycles. The molecule has 0 radical (unpaired) electrons. The van der Waals surface area contributed by atoms with Crippen LogP contribution in [0.15, 0.2) is 12.3 Å². The van der Waals surface area contributed by atoms with Crippen LogP contribution in [0.2, 0.25) is 0 Å². The summed E-state index contributed by atoms with van der Waals surface area (Å²) in [6, 6.07) is 3.87. The Balaban J connectivity index is 1.30. The second-order valence-electron chi connectivity index (χ2n) is 9.05. The SMILES string of the molecule is COc1cc(N[C@@H]2C[C@H]3CCC[C@@H](C2)N3S(=O)(=O)N2CC(C#N)C2)nc(Nc2ncc(C)s2)n1. The molecule has 0 amide bonds. The lowest BCUT2D eigenvalue weighted by Gasteiger charge is -2.50. The third-order valence-electron chi connectivity index (χ3n) is 6.63. The Morgan fingerprint density at radius 2 is 1.97 bits per heavy atom. The molecule has 13 heteroatoms. The number of piperidine rings is 2. The van der Waals surface area contributed by atoms with E-state index in [9.17, 15) is 8.42 Å². The van der Waals surface area contributed by atoms with Crippen LogP contribution in [0.5, 0.6) is 5.88 Å². The molecule has 34 heavy (non-hydrogen) atoms. The van der Waals surface area contributed by atoms with Gasteiger partial charge in [0.1, 0.15) is 5.82 Å². The standard InChI is InChI=1S/C21H28N8O3S2/c1-13-10-23-21(33-13)27-20-25-18(8-19(26-20)32-2)24-15-6-16-4-3-5-17(7-15)29(16)34(30,31)28-11-14(9-22)12-28/h8,10,14-17H,3-7,11-12H2,1-2H3,(H2,23,24,25,26,27)/t15-,16-,17+. The Kier molecular flexibility index (Phi) is 6.32. The van der Waals surface area contributed by atoms with Crippen molar-refractivity contribution in [3.05, 3.63) is 17.1 Å². The van der Waals surface area contributed by atoms with Crippen LogP contribution in [-0.4, -0.2) is 70.3 Å². The average Bonchev–Trinajstić information content (AvgIpc) is 3.16. The topological polar surface area (TPSA) is 136 Å². The van der Waals surface area contributed by atoms with E-state index < -0.39 is 10.2 Å². The number of aryl methyl sites for hydroxylation is 1. The normalized spacial score (nSPS) is 25.9. The molecule has 11 nitrogen and oxygen atoms in total. The number of nitrogens with one attached hydrogen (secondary N) is 2. The molecule has 0 spiro atoms. The first-order valence-corrected chi connectivity index (χ1v) is 13.6. The van der Waals surface area contributed by atoms with Gasteiger partial charge in [0.05, 0.1) is 19.1 Å². The van der Waals surface area contributed by atoms with Crippen LogP contribution in [0.3, 0.4) is 0 Å². The van der Waals surface area contributed by atoms with Gasteiger partial charge in [-0.1, -0.05) is 6.42 Å². The number of hydrogen-bond donors (Lipinski definition) is 2. The van der Waals surface area contributed by atoms with Crippen molar-refractivity contribution in [2.75, 3.05) is 30.8 Å². The zero-order valence-corrected chi connectivity index (χ0v) is 20.8. The van der Waals surface area contributed by atoms with Crippen LogP contribution in [0.1, 0.15) is 37.0 Å². The number of hydrogen-bond acceptors (Lipinski definition) is 10. The fourth-order valence-electron chi connectivity index (χ4n) is 5.05. The molecule has 3 saturated heterocycles. The third-order valence-corrected chi connectivity index (χ3v) is 9.54. The van der Waals surface area contributed by atoms with Gasteiger partial charge in [-0.25, -0.2) is 4.98 Å². The fraction of sp³-hybridized carbons (Fsp3) is 0.619. The second kappa shape index (κ2) is 9.26. The molecule has 0 unspecified atom stereocenters. The van der Waals surface area contributed by atoms with Crippen molar-refractivity contribution in [2.45, 2.75) is 57.2 Å². The van der Waals surface area contributed by atoms with E-state index in [1.807, 2.05) is 6.92 Å². The molecule has 2 bridgehead atoms. The van der Waals surface area contributed by atoms with Gasteiger partial charge in [0, 0.05) is 48.4 Å². The van der Waals surface area contributed by atoms with Crippen molar-refractivity contribution in [1.29, 1.82) is 5.26 Å². The number of thiazole rings is 1. The first-order chi connectivity index (χ1) is 16.4. The average molecular weight is 505 g/mol. The minimum absolute atomic E-state index is 0.0595. The smallest absolute Gasteiger partial charge is 0.282 e. The molecule has 5 heterocycles. The highest BCUT2D eigenvalue weighted by Crippen LogP contribution is 2.39. The van der Waals surface area contributed by atoms with Gasteiger partial charge in [-0.15, -0.1) is 11.3 Å². The van der Waals surface area contributed by atoms with Crippen molar-refractivity contribution < 1.29 is 13.2 Å². The molecular weight excluding hydrogens is 476 g/mol. The Hall–Kier alpha value is -2.53. The molecule has 0 saturated carbocycles. The van der Waals surface area contributed by atoms with Crippen molar-refractivity contribution in [1.82, 2.24) is 23.6 Å². The summed E-state index contributed by atoms with van der Waals surface area (Å²) in [5.74, 6) is 1.25. The predicted molar refractivity (Wildman–Crippen MR) is 128 cm³/mol. The van der Waals surface area contributed by atoms with Crippen LogP contribution >= 0.6 is 11.3 Å². The molecule has 3 aliphatic heterocycles. The third kappa shape index (κ3) is 4.55. The molecule has 2 aromatic rings. The molecule has 2 N–H and O–H groups in total. The quantitative estimate of drug-likeness (QED) is 0.583. The number of ether oxygens (including phenoxy) is 1. The zero-order valence-electron chi connectivity index (χ0n) is 19.1. The van der Waals surface area contributed by atoms with Gasteiger partial charge in [0.15, 0.2) is 5.13 Å². The molecule has 0 aliphatic carbocycles. The minimum atomic E-state index is -3.55. The number of anilines is 3. The van der Waals surface area contributed by atoms with Crippen molar-refractivity contribution in [3.63, 3.8) is 0 Å². The van der Waals surface area contributed by atoms with Crippen molar-refractivity contribution in [3.8, 4) is 11.9 Å². The summed E-state index contributed by atoms with van der Waals surface area (Å²) in [6.45, 7) is 2.58. The summed E-state index contributed by atoms with van der Waals surface area (Å²) in [5.41, 5.74) is 0. The first kappa shape index (κ1) is 23.2. The van der Waals surface area contributed by atoms with E-state index in [2.05, 4.69) is 31.7 Å². The van der Waals surface area contributed by atoms with Crippen molar-refractivity contribution in [2.24, 2.45) is 5.92 Å². The van der Waals surface area contributed by atoms with Crippen LogP contribution in [0.4, 0.5) is 16.9 Å². The fourth-order valence-corrected chi connectivity index (χ4v) is 7.85. The number of nitrogens with zero attached hydrogens (tertiary/aromatic N) is 6. The summed E-state index contributed by atoms with van der Waals surface area (Å²) in [4.78, 5) is 14.3. The van der Waals surface area contributed by atoms with Gasteiger partial charge in [-0.3, -0.25) is 5.32 Å². The second-order valence-corrected chi connectivity index (χ2v) is 12.1. The van der Waals surface area contributed by atoms with E-state index in [4.69, 9.17) is 10.00 Å². The van der Waals surface area contributed by atoms with Gasteiger partial charge in [-0.05, 0) is 32.6 Å². The summed E-state index contributed by atoms with van der Waals surface area (Å²) in [5, 5.41) is 16.4. The highest BCUT2D eigenvalue weighted by molar-refractivity contribution is 7.86. The molecular formula is C21H28N8O3S2. The number of rotatable bonds is 7. The first-order valence-electron chi connectivity index (χ1n) is 11.4. The summed E-state index contributed by atoms with van der Waals surface area (Å²) in [6.07, 6.45) is 5.89. The van der Waals surface area contributed by atoms with Crippen molar-refractivity contribution >= 4 is 38.4 Å². The molecule has 3 aliphatic rings. The van der Waals surface area contributed by atoms with Crippen LogP contribution < -0.4 is 15.4 Å². The highest BCUT2D eigenvalue weighted by atomic mass is 32.2. The number of nitriles is 1. The van der Waals surface area contributed by atoms with E-state index in [0.29, 0.717) is 48.7 Å². The maximum absolute atomic E-state index is 13.3. The van der Waals surface area contributed by atoms with E-state index in [-0.39, 0.29) is 24.0 Å². The van der Waals surface area contributed by atoms with Crippen LogP contribution in [0.25, 0.3) is 0 Å². The Morgan fingerprint density at radius 1 is 1.24 bits per heavy atom. The predicted octanol–water partition coefficient (Wildman–Crippen LogP) is 2.49. The summed E-state index contributed by atoms with van der Waals surface area (Å²) in [7, 11) is -1.99.